The van der Waals surface area contributed by atoms with Crippen LogP contribution in [0, 0.1) is 0 Å². The largest absolute Gasteiger partial charge is 0.370 e. The van der Waals surface area contributed by atoms with Gasteiger partial charge >= 0.3 is 0 Å². The lowest BCUT2D eigenvalue weighted by molar-refractivity contribution is -0.116. The summed E-state index contributed by atoms with van der Waals surface area (Å²) in [6.45, 7) is 0. The zero-order valence-electron chi connectivity index (χ0n) is 9.78. The van der Waals surface area contributed by atoms with E-state index in [0.29, 0.717) is 5.02 Å². The molecule has 0 aliphatic carbocycles. The van der Waals surface area contributed by atoms with Gasteiger partial charge in [0.15, 0.2) is 0 Å². The van der Waals surface area contributed by atoms with Crippen LogP contribution in [0.25, 0.3) is 0 Å². The first-order chi connectivity index (χ1) is 9.13. The van der Waals surface area contributed by atoms with Gasteiger partial charge in [0.1, 0.15) is 6.04 Å². The predicted octanol–water partition coefficient (Wildman–Crippen LogP) is 4.21. The van der Waals surface area contributed by atoms with Crippen LogP contribution in [0.2, 0.25) is 5.02 Å². The molecule has 19 heavy (non-hydrogen) atoms. The Morgan fingerprint density at radius 1 is 1.21 bits per heavy atom. The van der Waals surface area contributed by atoms with Gasteiger partial charge in [-0.3, -0.25) is 4.79 Å². The molecular formula is C14H10BrClN2O. The molecule has 0 saturated heterocycles. The van der Waals surface area contributed by atoms with E-state index in [2.05, 4.69) is 26.6 Å². The fraction of sp³-hybridized carbons (Fsp3) is 0.0714. The molecule has 3 rings (SSSR count). The van der Waals surface area contributed by atoms with Crippen molar-refractivity contribution in [2.75, 3.05) is 10.6 Å². The number of nitrogens with one attached hydrogen (secondary N) is 2. The Morgan fingerprint density at radius 3 is 2.84 bits per heavy atom. The van der Waals surface area contributed by atoms with E-state index in [-0.39, 0.29) is 5.91 Å². The summed E-state index contributed by atoms with van der Waals surface area (Å²) in [5.74, 6) is -0.0720. The fourth-order valence-corrected chi connectivity index (χ4v) is 2.70. The van der Waals surface area contributed by atoms with E-state index in [4.69, 9.17) is 11.6 Å². The van der Waals surface area contributed by atoms with Crippen molar-refractivity contribution in [2.45, 2.75) is 6.04 Å². The first kappa shape index (κ1) is 12.5. The summed E-state index contributed by atoms with van der Waals surface area (Å²) in [5, 5.41) is 6.67. The monoisotopic (exact) mass is 336 g/mol. The lowest BCUT2D eigenvalue weighted by Crippen LogP contribution is -2.19. The Kier molecular flexibility index (Phi) is 3.21. The molecule has 0 radical (unpaired) electrons. The molecule has 1 heterocycles. The van der Waals surface area contributed by atoms with E-state index in [1.165, 1.54) is 0 Å². The number of halogens is 2. The molecule has 0 aromatic heterocycles. The van der Waals surface area contributed by atoms with E-state index in [1.54, 1.807) is 6.07 Å². The van der Waals surface area contributed by atoms with Crippen LogP contribution in [-0.2, 0) is 4.79 Å². The smallest absolute Gasteiger partial charge is 0.251 e. The number of rotatable bonds is 2. The van der Waals surface area contributed by atoms with Gasteiger partial charge in [0, 0.05) is 26.4 Å². The molecule has 1 atom stereocenters. The third kappa shape index (κ3) is 2.46. The molecule has 2 N–H and O–H groups in total. The number of carbonyl (C=O) groups is 1. The molecule has 3 nitrogen and oxygen atoms in total. The molecule has 2 aromatic rings. The number of anilines is 2. The van der Waals surface area contributed by atoms with Crippen LogP contribution >= 0.6 is 27.5 Å². The average Bonchev–Trinajstić information content (AvgIpc) is 2.66. The molecular weight excluding hydrogens is 328 g/mol. The van der Waals surface area contributed by atoms with Crippen LogP contribution in [-0.4, -0.2) is 5.91 Å². The van der Waals surface area contributed by atoms with Crippen LogP contribution in [0.5, 0.6) is 0 Å². The zero-order chi connectivity index (χ0) is 13.4. The minimum atomic E-state index is -0.414. The summed E-state index contributed by atoms with van der Waals surface area (Å²) in [6.07, 6.45) is 0. The molecule has 2 aromatic carbocycles. The summed E-state index contributed by atoms with van der Waals surface area (Å²) < 4.78 is 0.960. The standard InChI is InChI=1S/C14H10BrClN2O/c15-8-2-1-3-10(6-8)17-13-11-7-9(16)4-5-12(11)18-14(13)19/h1-7,13,17H,(H,18,19). The summed E-state index contributed by atoms with van der Waals surface area (Å²) in [6, 6.07) is 12.7. The summed E-state index contributed by atoms with van der Waals surface area (Å²) in [5.41, 5.74) is 2.56. The highest BCUT2D eigenvalue weighted by atomic mass is 79.9. The van der Waals surface area contributed by atoms with Crippen molar-refractivity contribution in [2.24, 2.45) is 0 Å². The van der Waals surface area contributed by atoms with Crippen LogP contribution in [0.4, 0.5) is 11.4 Å². The second-order valence-corrected chi connectivity index (χ2v) is 5.66. The third-order valence-electron chi connectivity index (χ3n) is 2.98. The SMILES string of the molecule is O=C1Nc2ccc(Cl)cc2C1Nc1cccc(Br)c1. The highest BCUT2D eigenvalue weighted by Crippen LogP contribution is 2.35. The number of amides is 1. The Hall–Kier alpha value is -1.52. The number of hydrogen-bond acceptors (Lipinski definition) is 2. The molecule has 1 unspecified atom stereocenters. The van der Waals surface area contributed by atoms with Crippen molar-refractivity contribution in [3.63, 3.8) is 0 Å². The van der Waals surface area contributed by atoms with Crippen molar-refractivity contribution in [3.8, 4) is 0 Å². The van der Waals surface area contributed by atoms with Crippen LogP contribution in [0.15, 0.2) is 46.9 Å². The quantitative estimate of drug-likeness (QED) is 0.862. The maximum Gasteiger partial charge on any atom is 0.251 e. The van der Waals surface area contributed by atoms with Crippen molar-refractivity contribution < 1.29 is 4.79 Å². The third-order valence-corrected chi connectivity index (χ3v) is 3.71. The number of hydrogen-bond donors (Lipinski definition) is 2. The van der Waals surface area contributed by atoms with Crippen LogP contribution in [0.1, 0.15) is 11.6 Å². The molecule has 96 valence electrons. The molecule has 0 bridgehead atoms. The van der Waals surface area contributed by atoms with Crippen molar-refractivity contribution in [1.82, 2.24) is 0 Å². The molecule has 1 amide bonds. The van der Waals surface area contributed by atoms with E-state index in [1.807, 2.05) is 36.4 Å². The van der Waals surface area contributed by atoms with Crippen molar-refractivity contribution in [3.05, 3.63) is 57.5 Å². The number of fused-ring (bicyclic) bond motifs is 1. The highest BCUT2D eigenvalue weighted by Gasteiger charge is 2.30. The van der Waals surface area contributed by atoms with Crippen LogP contribution < -0.4 is 10.6 Å². The van der Waals surface area contributed by atoms with E-state index >= 15 is 0 Å². The van der Waals surface area contributed by atoms with Crippen LogP contribution in [0.3, 0.4) is 0 Å². The molecule has 0 saturated carbocycles. The van der Waals surface area contributed by atoms with E-state index in [9.17, 15) is 4.79 Å². The topological polar surface area (TPSA) is 41.1 Å². The lowest BCUT2D eigenvalue weighted by Gasteiger charge is -2.13. The van der Waals surface area contributed by atoms with E-state index in [0.717, 1.165) is 21.4 Å². The Labute approximate surface area is 124 Å². The molecule has 1 aliphatic heterocycles. The minimum Gasteiger partial charge on any atom is -0.370 e. The van der Waals surface area contributed by atoms with Gasteiger partial charge in [-0.25, -0.2) is 0 Å². The van der Waals surface area contributed by atoms with Gasteiger partial charge in [-0.05, 0) is 36.4 Å². The van der Waals surface area contributed by atoms with Gasteiger partial charge in [0.05, 0.1) is 0 Å². The normalized spacial score (nSPS) is 16.9. The second kappa shape index (κ2) is 4.87. The Bertz CT molecular complexity index is 660. The van der Waals surface area contributed by atoms with Gasteiger partial charge < -0.3 is 10.6 Å². The van der Waals surface area contributed by atoms with Gasteiger partial charge in [-0.15, -0.1) is 0 Å². The average molecular weight is 338 g/mol. The maximum atomic E-state index is 12.0. The predicted molar refractivity (Wildman–Crippen MR) is 80.6 cm³/mol. The maximum absolute atomic E-state index is 12.0. The molecule has 0 spiro atoms. The second-order valence-electron chi connectivity index (χ2n) is 4.31. The molecule has 5 heteroatoms. The lowest BCUT2D eigenvalue weighted by atomic mass is 10.1. The first-order valence-electron chi connectivity index (χ1n) is 5.76. The zero-order valence-corrected chi connectivity index (χ0v) is 12.1. The van der Waals surface area contributed by atoms with Gasteiger partial charge in [-0.1, -0.05) is 33.6 Å². The first-order valence-corrected chi connectivity index (χ1v) is 6.93. The van der Waals surface area contributed by atoms with Crippen molar-refractivity contribution in [1.29, 1.82) is 0 Å². The fourth-order valence-electron chi connectivity index (χ4n) is 2.12. The van der Waals surface area contributed by atoms with Gasteiger partial charge in [-0.2, -0.15) is 0 Å². The van der Waals surface area contributed by atoms with Gasteiger partial charge in [0.25, 0.3) is 5.91 Å². The number of carbonyl (C=O) groups excluding carboxylic acids is 1. The summed E-state index contributed by atoms with van der Waals surface area (Å²) in [7, 11) is 0. The van der Waals surface area contributed by atoms with Crippen molar-refractivity contribution >= 4 is 44.8 Å². The molecule has 0 fully saturated rings. The summed E-state index contributed by atoms with van der Waals surface area (Å²) in [4.78, 5) is 12.0. The Balaban J connectivity index is 1.94. The minimum absolute atomic E-state index is 0.0720. The summed E-state index contributed by atoms with van der Waals surface area (Å²) >= 11 is 9.40. The Morgan fingerprint density at radius 2 is 2.05 bits per heavy atom. The van der Waals surface area contributed by atoms with E-state index < -0.39 is 6.04 Å². The number of benzene rings is 2. The molecule has 1 aliphatic rings. The van der Waals surface area contributed by atoms with Gasteiger partial charge in [0.2, 0.25) is 0 Å². The highest BCUT2D eigenvalue weighted by molar-refractivity contribution is 9.10.